The first kappa shape index (κ1) is 19.2. The van der Waals surface area contributed by atoms with Gasteiger partial charge in [-0.05, 0) is 24.6 Å². The molecular formula is C20H24ClN3O3. The van der Waals surface area contributed by atoms with Gasteiger partial charge in [-0.3, -0.25) is 0 Å². The molecule has 2 aromatic rings. The lowest BCUT2D eigenvalue weighted by Gasteiger charge is -2.28. The summed E-state index contributed by atoms with van der Waals surface area (Å²) in [5, 5.41) is 3.31. The van der Waals surface area contributed by atoms with Crippen LogP contribution in [0.4, 0.5) is 16.2 Å². The molecule has 6 nitrogen and oxygen atoms in total. The fraction of sp³-hybridized carbons (Fsp3) is 0.350. The summed E-state index contributed by atoms with van der Waals surface area (Å²) in [6, 6.07) is 11.4. The predicted molar refractivity (Wildman–Crippen MR) is 108 cm³/mol. The number of halogens is 1. The minimum Gasteiger partial charge on any atom is -0.493 e. The normalized spacial score (nSPS) is 16.4. The average molecular weight is 390 g/mol. The summed E-state index contributed by atoms with van der Waals surface area (Å²) in [5.74, 6) is 0.908. The Balaban J connectivity index is 1.85. The standard InChI is InChI=1S/C20H24ClN3O3/c1-13-11-23(2)17-8-6-5-7-14(17)12-24(13)20(25)22-15-9-16(21)19(27-4)18(10-15)26-3/h5-10,13H,11-12H2,1-4H3,(H,22,25)/t13-/m0/s1. The molecule has 0 unspecified atom stereocenters. The highest BCUT2D eigenvalue weighted by atomic mass is 35.5. The van der Waals surface area contributed by atoms with Gasteiger partial charge in [-0.25, -0.2) is 4.79 Å². The molecule has 1 aliphatic heterocycles. The zero-order valence-corrected chi connectivity index (χ0v) is 16.7. The number of nitrogens with zero attached hydrogens (tertiary/aromatic N) is 2. The molecule has 1 aliphatic rings. The van der Waals surface area contributed by atoms with Crippen molar-refractivity contribution >= 4 is 29.0 Å². The van der Waals surface area contributed by atoms with Crippen LogP contribution in [-0.2, 0) is 6.54 Å². The number of nitrogens with one attached hydrogen (secondary N) is 1. The monoisotopic (exact) mass is 389 g/mol. The SMILES string of the molecule is COc1cc(NC(=O)N2Cc3ccccc3N(C)C[C@@H]2C)cc(Cl)c1OC. The van der Waals surface area contributed by atoms with E-state index in [1.807, 2.05) is 31.0 Å². The van der Waals surface area contributed by atoms with Crippen LogP contribution in [-0.4, -0.2) is 44.8 Å². The van der Waals surface area contributed by atoms with Crippen molar-refractivity contribution in [3.63, 3.8) is 0 Å². The van der Waals surface area contributed by atoms with E-state index in [4.69, 9.17) is 21.1 Å². The van der Waals surface area contributed by atoms with Gasteiger partial charge in [0.25, 0.3) is 0 Å². The number of benzene rings is 2. The maximum absolute atomic E-state index is 13.0. The number of para-hydroxylation sites is 1. The van der Waals surface area contributed by atoms with Crippen LogP contribution < -0.4 is 19.7 Å². The Bertz CT molecular complexity index is 843. The Morgan fingerprint density at radius 2 is 1.96 bits per heavy atom. The van der Waals surface area contributed by atoms with Crippen LogP contribution in [0, 0.1) is 0 Å². The lowest BCUT2D eigenvalue weighted by atomic mass is 10.1. The molecule has 0 spiro atoms. The van der Waals surface area contributed by atoms with Gasteiger partial charge in [-0.15, -0.1) is 0 Å². The summed E-state index contributed by atoms with van der Waals surface area (Å²) in [4.78, 5) is 17.0. The van der Waals surface area contributed by atoms with Gasteiger partial charge in [-0.2, -0.15) is 0 Å². The molecule has 7 heteroatoms. The van der Waals surface area contributed by atoms with Crippen LogP contribution in [0.15, 0.2) is 36.4 Å². The predicted octanol–water partition coefficient (Wildman–Crippen LogP) is 4.23. The smallest absolute Gasteiger partial charge is 0.322 e. The summed E-state index contributed by atoms with van der Waals surface area (Å²) in [7, 11) is 5.10. The summed E-state index contributed by atoms with van der Waals surface area (Å²) in [6.07, 6.45) is 0. The molecule has 1 heterocycles. The first-order chi connectivity index (χ1) is 12.9. The summed E-state index contributed by atoms with van der Waals surface area (Å²) in [5.41, 5.74) is 2.82. The third kappa shape index (κ3) is 3.90. The molecule has 0 bridgehead atoms. The van der Waals surface area contributed by atoms with Gasteiger partial charge in [0, 0.05) is 43.6 Å². The van der Waals surface area contributed by atoms with Crippen molar-refractivity contribution in [2.75, 3.05) is 38.0 Å². The number of ether oxygens (including phenoxy) is 2. The van der Waals surface area contributed by atoms with Gasteiger partial charge < -0.3 is 24.6 Å². The van der Waals surface area contributed by atoms with Crippen molar-refractivity contribution < 1.29 is 14.3 Å². The fourth-order valence-corrected chi connectivity index (χ4v) is 3.69. The highest BCUT2D eigenvalue weighted by Gasteiger charge is 2.27. The third-order valence-electron chi connectivity index (χ3n) is 4.76. The first-order valence-corrected chi connectivity index (χ1v) is 9.10. The van der Waals surface area contributed by atoms with Crippen LogP contribution in [0.25, 0.3) is 0 Å². The van der Waals surface area contributed by atoms with E-state index in [2.05, 4.69) is 22.3 Å². The number of methoxy groups -OCH3 is 2. The van der Waals surface area contributed by atoms with E-state index in [1.165, 1.54) is 14.2 Å². The maximum Gasteiger partial charge on any atom is 0.322 e. The van der Waals surface area contributed by atoms with Crippen molar-refractivity contribution in [3.8, 4) is 11.5 Å². The Labute approximate surface area is 164 Å². The number of hydrogen-bond donors (Lipinski definition) is 1. The van der Waals surface area contributed by atoms with Crippen molar-refractivity contribution in [2.45, 2.75) is 19.5 Å². The molecular weight excluding hydrogens is 366 g/mol. The minimum atomic E-state index is -0.184. The molecule has 0 aromatic heterocycles. The zero-order chi connectivity index (χ0) is 19.6. The lowest BCUT2D eigenvalue weighted by molar-refractivity contribution is 0.192. The number of rotatable bonds is 3. The van der Waals surface area contributed by atoms with Gasteiger partial charge in [0.05, 0.1) is 19.2 Å². The molecule has 1 atom stereocenters. The molecule has 0 radical (unpaired) electrons. The topological polar surface area (TPSA) is 54.0 Å². The van der Waals surface area contributed by atoms with E-state index in [0.717, 1.165) is 17.8 Å². The first-order valence-electron chi connectivity index (χ1n) is 8.72. The molecule has 27 heavy (non-hydrogen) atoms. The molecule has 144 valence electrons. The van der Waals surface area contributed by atoms with Gasteiger partial charge in [-0.1, -0.05) is 29.8 Å². The van der Waals surface area contributed by atoms with Crippen molar-refractivity contribution in [1.82, 2.24) is 4.90 Å². The molecule has 0 saturated heterocycles. The van der Waals surface area contributed by atoms with Crippen molar-refractivity contribution in [1.29, 1.82) is 0 Å². The molecule has 0 aliphatic carbocycles. The molecule has 0 fully saturated rings. The molecule has 1 N–H and O–H groups in total. The maximum atomic E-state index is 13.0. The molecule has 2 amide bonds. The van der Waals surface area contributed by atoms with Gasteiger partial charge in [0.2, 0.25) is 0 Å². The Morgan fingerprint density at radius 1 is 1.22 bits per heavy atom. The fourth-order valence-electron chi connectivity index (χ4n) is 3.41. The van der Waals surface area contributed by atoms with Crippen LogP contribution in [0.5, 0.6) is 11.5 Å². The second kappa shape index (κ2) is 7.96. The number of anilines is 2. The van der Waals surface area contributed by atoms with E-state index in [-0.39, 0.29) is 12.1 Å². The zero-order valence-electron chi connectivity index (χ0n) is 16.0. The summed E-state index contributed by atoms with van der Waals surface area (Å²) >= 11 is 6.25. The van der Waals surface area contributed by atoms with E-state index in [1.54, 1.807) is 12.1 Å². The van der Waals surface area contributed by atoms with E-state index < -0.39 is 0 Å². The van der Waals surface area contributed by atoms with Gasteiger partial charge in [0.1, 0.15) is 0 Å². The summed E-state index contributed by atoms with van der Waals surface area (Å²) < 4.78 is 10.5. The Kier molecular flexibility index (Phi) is 5.65. The quantitative estimate of drug-likeness (QED) is 0.853. The highest BCUT2D eigenvalue weighted by Crippen LogP contribution is 2.38. The van der Waals surface area contributed by atoms with Crippen LogP contribution in [0.1, 0.15) is 12.5 Å². The van der Waals surface area contributed by atoms with E-state index >= 15 is 0 Å². The second-order valence-corrected chi connectivity index (χ2v) is 7.02. The molecule has 3 rings (SSSR count). The molecule has 2 aromatic carbocycles. The highest BCUT2D eigenvalue weighted by molar-refractivity contribution is 6.32. The van der Waals surface area contributed by atoms with Crippen molar-refractivity contribution in [3.05, 3.63) is 47.0 Å². The van der Waals surface area contributed by atoms with Gasteiger partial charge in [0.15, 0.2) is 11.5 Å². The largest absolute Gasteiger partial charge is 0.493 e. The van der Waals surface area contributed by atoms with E-state index in [9.17, 15) is 4.79 Å². The Hall–Kier alpha value is -2.60. The Morgan fingerprint density at radius 3 is 2.67 bits per heavy atom. The number of likely N-dealkylation sites (N-methyl/N-ethyl adjacent to an activating group) is 1. The lowest BCUT2D eigenvalue weighted by Crippen LogP contribution is -2.44. The van der Waals surface area contributed by atoms with Crippen molar-refractivity contribution in [2.24, 2.45) is 0 Å². The van der Waals surface area contributed by atoms with Crippen LogP contribution in [0.2, 0.25) is 5.02 Å². The number of fused-ring (bicyclic) bond motifs is 1. The number of hydrogen-bond acceptors (Lipinski definition) is 4. The molecule has 0 saturated carbocycles. The van der Waals surface area contributed by atoms with Gasteiger partial charge >= 0.3 is 6.03 Å². The van der Waals surface area contributed by atoms with Crippen LogP contribution >= 0.6 is 11.6 Å². The van der Waals surface area contributed by atoms with Crippen LogP contribution in [0.3, 0.4) is 0 Å². The minimum absolute atomic E-state index is 0.0398. The number of urea groups is 1. The third-order valence-corrected chi connectivity index (χ3v) is 5.04. The van der Waals surface area contributed by atoms with E-state index in [0.29, 0.717) is 28.8 Å². The second-order valence-electron chi connectivity index (χ2n) is 6.61. The average Bonchev–Trinajstić information content (AvgIpc) is 2.77. The number of amides is 2. The number of carbonyl (C=O) groups is 1. The number of carbonyl (C=O) groups excluding carboxylic acids is 1. The summed E-state index contributed by atoms with van der Waals surface area (Å²) in [6.45, 7) is 3.33.